The first-order valence-electron chi connectivity index (χ1n) is 7.38. The average Bonchev–Trinajstić information content (AvgIpc) is 3.17. The molecule has 0 fully saturated rings. The highest BCUT2D eigenvalue weighted by molar-refractivity contribution is 7.10. The molecule has 116 valence electrons. The third kappa shape index (κ3) is 2.17. The number of thiazole rings is 1. The van der Waals surface area contributed by atoms with Gasteiger partial charge in [-0.2, -0.15) is 0 Å². The normalized spacial score (nSPS) is 11.5. The number of nitrogens with one attached hydrogen (secondary N) is 1. The average molecular weight is 324 g/mol. The van der Waals surface area contributed by atoms with E-state index in [-0.39, 0.29) is 0 Å². The highest BCUT2D eigenvalue weighted by Crippen LogP contribution is 2.36. The first kappa shape index (κ1) is 14.1. The number of fused-ring (bicyclic) bond motifs is 1. The molecule has 0 atom stereocenters. The predicted molar refractivity (Wildman–Crippen MR) is 91.6 cm³/mol. The molecule has 3 aromatic heterocycles. The van der Waals surface area contributed by atoms with E-state index >= 15 is 0 Å². The van der Waals surface area contributed by atoms with Crippen molar-refractivity contribution in [3.8, 4) is 22.4 Å². The van der Waals surface area contributed by atoms with Gasteiger partial charge in [0.15, 0.2) is 0 Å². The maximum Gasteiger partial charge on any atom is 0.141 e. The number of imidazole rings is 1. The molecule has 0 saturated heterocycles. The summed E-state index contributed by atoms with van der Waals surface area (Å²) in [6.45, 7) is 7.95. The van der Waals surface area contributed by atoms with Crippen molar-refractivity contribution in [3.63, 3.8) is 0 Å². The number of H-pyrrole nitrogens is 1. The van der Waals surface area contributed by atoms with Crippen molar-refractivity contribution >= 4 is 22.4 Å². The highest BCUT2D eigenvalue weighted by Gasteiger charge is 2.18. The van der Waals surface area contributed by atoms with Crippen LogP contribution in [0.1, 0.15) is 22.2 Å². The van der Waals surface area contributed by atoms with Crippen LogP contribution in [0.5, 0.6) is 0 Å². The van der Waals surface area contributed by atoms with Gasteiger partial charge >= 0.3 is 0 Å². The molecule has 1 aromatic carbocycles. The lowest BCUT2D eigenvalue weighted by molar-refractivity contribution is 0.393. The van der Waals surface area contributed by atoms with Crippen LogP contribution in [-0.4, -0.2) is 20.1 Å². The van der Waals surface area contributed by atoms with Gasteiger partial charge < -0.3 is 9.51 Å². The summed E-state index contributed by atoms with van der Waals surface area (Å²) in [7, 11) is 0. The molecule has 5 nitrogen and oxygen atoms in total. The molecule has 0 bridgehead atoms. The second-order valence-electron chi connectivity index (χ2n) is 5.70. The molecule has 0 aliphatic rings. The molecule has 1 N–H and O–H groups in total. The third-order valence-corrected chi connectivity index (χ3v) is 4.78. The zero-order chi connectivity index (χ0) is 16.1. The van der Waals surface area contributed by atoms with Crippen molar-refractivity contribution in [2.75, 3.05) is 0 Å². The second-order valence-corrected chi connectivity index (χ2v) is 6.76. The summed E-state index contributed by atoms with van der Waals surface area (Å²) in [4.78, 5) is 13.7. The molecule has 4 aromatic rings. The van der Waals surface area contributed by atoms with Gasteiger partial charge in [-0.15, -0.1) is 11.3 Å². The summed E-state index contributed by atoms with van der Waals surface area (Å²) in [5, 5.41) is 4.07. The van der Waals surface area contributed by atoms with Gasteiger partial charge in [-0.1, -0.05) is 5.16 Å². The Balaban J connectivity index is 2.07. The Morgan fingerprint density at radius 2 is 1.96 bits per heavy atom. The Labute approximate surface area is 137 Å². The first-order chi connectivity index (χ1) is 11.0. The molecule has 0 radical (unpaired) electrons. The smallest absolute Gasteiger partial charge is 0.141 e. The largest absolute Gasteiger partial charge is 0.361 e. The van der Waals surface area contributed by atoms with E-state index in [0.717, 1.165) is 50.7 Å². The summed E-state index contributed by atoms with van der Waals surface area (Å²) in [6, 6.07) is 4.24. The number of hydrogen-bond acceptors (Lipinski definition) is 5. The van der Waals surface area contributed by atoms with Crippen molar-refractivity contribution in [3.05, 3.63) is 39.8 Å². The van der Waals surface area contributed by atoms with Gasteiger partial charge in [0, 0.05) is 16.0 Å². The molecular weight excluding hydrogens is 308 g/mol. The van der Waals surface area contributed by atoms with E-state index in [1.165, 1.54) is 4.88 Å². The summed E-state index contributed by atoms with van der Waals surface area (Å²) in [5.41, 5.74) is 8.85. The zero-order valence-corrected chi connectivity index (χ0v) is 14.2. The predicted octanol–water partition coefficient (Wildman–Crippen LogP) is 4.58. The van der Waals surface area contributed by atoms with Gasteiger partial charge in [0.2, 0.25) is 0 Å². The standard InChI is InChI=1S/C17H16N4OS/c1-8-15(9(2)22-21-8)12-5-13(16-10(3)23-7-18-16)17-14(6-12)19-11(4)20-17/h5-7H,1-4H3,(H,19,20). The molecule has 0 spiro atoms. The molecule has 6 heteroatoms. The molecule has 0 amide bonds. The van der Waals surface area contributed by atoms with Crippen LogP contribution >= 0.6 is 11.3 Å². The monoisotopic (exact) mass is 324 g/mol. The van der Waals surface area contributed by atoms with Crippen LogP contribution in [-0.2, 0) is 0 Å². The third-order valence-electron chi connectivity index (χ3n) is 4.03. The SMILES string of the molecule is Cc1nc2c(-c3ncsc3C)cc(-c3c(C)noc3C)cc2[nH]1. The number of benzene rings is 1. The number of hydrogen-bond donors (Lipinski definition) is 1. The fourth-order valence-corrected chi connectivity index (χ4v) is 3.62. The fraction of sp³-hybridized carbons (Fsp3) is 0.235. The van der Waals surface area contributed by atoms with E-state index < -0.39 is 0 Å². The quantitative estimate of drug-likeness (QED) is 0.586. The minimum Gasteiger partial charge on any atom is -0.361 e. The molecule has 0 aliphatic heterocycles. The summed E-state index contributed by atoms with van der Waals surface area (Å²) in [5.74, 6) is 1.71. The van der Waals surface area contributed by atoms with Gasteiger partial charge in [0.25, 0.3) is 0 Å². The lowest BCUT2D eigenvalue weighted by atomic mass is 9.99. The minimum absolute atomic E-state index is 0.819. The minimum atomic E-state index is 0.819. The van der Waals surface area contributed by atoms with Crippen LogP contribution < -0.4 is 0 Å². The van der Waals surface area contributed by atoms with Crippen LogP contribution in [0.15, 0.2) is 22.2 Å². The number of rotatable bonds is 2. The van der Waals surface area contributed by atoms with Crippen LogP contribution in [0.25, 0.3) is 33.4 Å². The van der Waals surface area contributed by atoms with E-state index in [1.807, 2.05) is 26.3 Å². The van der Waals surface area contributed by atoms with Crippen molar-refractivity contribution in [2.24, 2.45) is 0 Å². The van der Waals surface area contributed by atoms with E-state index in [0.29, 0.717) is 0 Å². The maximum absolute atomic E-state index is 5.33. The lowest BCUT2D eigenvalue weighted by Crippen LogP contribution is -1.88. The molecule has 0 saturated carbocycles. The van der Waals surface area contributed by atoms with Crippen LogP contribution in [0.4, 0.5) is 0 Å². The van der Waals surface area contributed by atoms with E-state index in [1.54, 1.807) is 11.3 Å². The van der Waals surface area contributed by atoms with Gasteiger partial charge in [-0.05, 0) is 45.4 Å². The van der Waals surface area contributed by atoms with E-state index in [2.05, 4.69) is 39.2 Å². The fourth-order valence-electron chi connectivity index (χ4n) is 3.02. The van der Waals surface area contributed by atoms with Crippen molar-refractivity contribution in [1.82, 2.24) is 20.1 Å². The lowest BCUT2D eigenvalue weighted by Gasteiger charge is -2.06. The summed E-state index contributed by atoms with van der Waals surface area (Å²) in [6.07, 6.45) is 0. The van der Waals surface area contributed by atoms with Gasteiger partial charge in [0.05, 0.1) is 27.9 Å². The van der Waals surface area contributed by atoms with Crippen molar-refractivity contribution in [1.29, 1.82) is 0 Å². The second kappa shape index (κ2) is 5.03. The number of aromatic nitrogens is 4. The van der Waals surface area contributed by atoms with Gasteiger partial charge in [0.1, 0.15) is 11.6 Å². The Hall–Kier alpha value is -2.47. The Bertz CT molecular complexity index is 1010. The van der Waals surface area contributed by atoms with Crippen LogP contribution in [0.3, 0.4) is 0 Å². The summed E-state index contributed by atoms with van der Waals surface area (Å²) < 4.78 is 5.33. The summed E-state index contributed by atoms with van der Waals surface area (Å²) >= 11 is 1.64. The Morgan fingerprint density at radius 3 is 2.61 bits per heavy atom. The molecule has 4 rings (SSSR count). The maximum atomic E-state index is 5.33. The van der Waals surface area contributed by atoms with E-state index in [4.69, 9.17) is 4.52 Å². The molecule has 23 heavy (non-hydrogen) atoms. The Morgan fingerprint density at radius 1 is 1.13 bits per heavy atom. The molecule has 3 heterocycles. The number of aryl methyl sites for hydroxylation is 4. The number of aromatic amines is 1. The zero-order valence-electron chi connectivity index (χ0n) is 13.4. The van der Waals surface area contributed by atoms with Gasteiger partial charge in [-0.25, -0.2) is 9.97 Å². The van der Waals surface area contributed by atoms with Crippen LogP contribution in [0.2, 0.25) is 0 Å². The first-order valence-corrected chi connectivity index (χ1v) is 8.26. The van der Waals surface area contributed by atoms with E-state index in [9.17, 15) is 0 Å². The van der Waals surface area contributed by atoms with Crippen molar-refractivity contribution < 1.29 is 4.52 Å². The van der Waals surface area contributed by atoms with Crippen LogP contribution in [0, 0.1) is 27.7 Å². The molecule has 0 unspecified atom stereocenters. The highest BCUT2D eigenvalue weighted by atomic mass is 32.1. The number of nitrogens with zero attached hydrogens (tertiary/aromatic N) is 3. The van der Waals surface area contributed by atoms with Crippen molar-refractivity contribution in [2.45, 2.75) is 27.7 Å². The topological polar surface area (TPSA) is 67.6 Å². The molecular formula is C17H16N4OS. The van der Waals surface area contributed by atoms with Gasteiger partial charge in [-0.3, -0.25) is 0 Å². The Kier molecular flexibility index (Phi) is 3.09. The molecule has 0 aliphatic carbocycles.